The number of amides is 5. The lowest BCUT2D eigenvalue weighted by molar-refractivity contribution is -0.287. The Labute approximate surface area is 714 Å². The first-order valence-electron chi connectivity index (χ1n) is 41.5. The van der Waals surface area contributed by atoms with Gasteiger partial charge in [-0.25, -0.2) is 0 Å². The van der Waals surface area contributed by atoms with Crippen molar-refractivity contribution in [3.05, 3.63) is 244 Å². The van der Waals surface area contributed by atoms with Gasteiger partial charge in [0.1, 0.15) is 34.5 Å². The number of alkyl halides is 4. The van der Waals surface area contributed by atoms with Crippen LogP contribution in [-0.4, -0.2) is 96.4 Å². The maximum atomic E-state index is 13.4. The topological polar surface area (TPSA) is 275 Å². The molecule has 24 nitrogen and oxygen atoms in total. The van der Waals surface area contributed by atoms with E-state index in [4.69, 9.17) is 47.4 Å². The summed E-state index contributed by atoms with van der Waals surface area (Å²) in [6.45, 7) is 13.4. The second-order valence-electron chi connectivity index (χ2n) is 31.0. The van der Waals surface area contributed by atoms with Gasteiger partial charge in [-0.1, -0.05) is 138 Å². The minimum absolute atomic E-state index is 0.000253. The Morgan fingerprint density at radius 3 is 0.960 bits per heavy atom. The quantitative estimate of drug-likeness (QED) is 0.0330. The normalized spacial score (nSPS) is 18.4. The fourth-order valence-corrected chi connectivity index (χ4v) is 16.1. The van der Waals surface area contributed by atoms with Gasteiger partial charge in [0.15, 0.2) is 46.0 Å². The van der Waals surface area contributed by atoms with E-state index in [9.17, 15) is 41.5 Å². The van der Waals surface area contributed by atoms with Crippen LogP contribution in [0.4, 0.5) is 46.0 Å². The summed E-state index contributed by atoms with van der Waals surface area (Å²) in [7, 11) is 3.29. The second-order valence-corrected chi connectivity index (χ2v) is 31.0. The van der Waals surface area contributed by atoms with Crippen LogP contribution >= 0.6 is 0 Å². The Hall–Kier alpha value is -13.5. The molecule has 10 aromatic carbocycles. The lowest BCUT2D eigenvalue weighted by Crippen LogP contribution is -2.25. The molecule has 19 rings (SSSR count). The van der Waals surface area contributed by atoms with Crippen LogP contribution in [0.25, 0.3) is 0 Å². The van der Waals surface area contributed by atoms with Gasteiger partial charge in [-0.15, -0.1) is 17.6 Å². The number of anilines is 5. The predicted octanol–water partition coefficient (Wildman–Crippen LogP) is 20.1. The number of ether oxygens (including phenoxy) is 14. The molecule has 10 aromatic rings. The van der Waals surface area contributed by atoms with Gasteiger partial charge in [0.2, 0.25) is 43.1 Å². The number of halogens is 4. The third-order valence-electron chi connectivity index (χ3n) is 21.9. The summed E-state index contributed by atoms with van der Waals surface area (Å²) in [4.78, 5) is 60.9. The maximum Gasteiger partial charge on any atom is 0.586 e. The number of rotatable bonds is 21. The van der Waals surface area contributed by atoms with Crippen LogP contribution in [0.2, 0.25) is 0 Å². The molecule has 0 aromatic heterocycles. The fourth-order valence-electron chi connectivity index (χ4n) is 16.1. The standard InChI is InChI=1S/C20H19F2NO4.C20H21NO4.C20H23NO3.C19H17F2NO4.C17H15NO4/c1-2-3-8-25-16-7-5-4-6-12(16)13-10-19(24)23-15-11-18-17(9-14(13)15)26-20(21,22)27-18;1-2-3-8-23-17-7-5-4-6-13(17)14-10-20(22)21-16-11-19-18(9-15(14)16)24-12-25-19;1-13(2)12-24-19-7-5-4-6-15(19)16-11-20(22)21-18-9-8-14(23-3)10-17(16)18;1-2-7-24-15-6-4-3-5-11(15)12-9-18(23)22-14-10-17-16(8-13(12)14)25-19(20,21)26-17;1-20-14-5-3-2-4-10(14)11-7-17(19)18-13-8-16-15(6-12(11)13)21-9-22-16/h4-7,9,11,13H,2-3,8,10H2,1H3,(H,23,24);4-7,9,11,14H,2-3,8,10,12H2,1H3,(H,21,22);4-10,13,16H,11-12H2,1-3H3,(H,21,22);3-6,8,10,12H,2,7,9H2,1H3,(H,22,23);2-6,8,11H,7,9H2,1H3,(H,18,19). The molecule has 9 heterocycles. The first-order valence-corrected chi connectivity index (χ1v) is 41.5. The van der Waals surface area contributed by atoms with Crippen LogP contribution in [0.15, 0.2) is 188 Å². The summed E-state index contributed by atoms with van der Waals surface area (Å²) >= 11 is 0. The largest absolute Gasteiger partial charge is 0.586 e. The molecule has 5 unspecified atom stereocenters. The van der Waals surface area contributed by atoms with Crippen molar-refractivity contribution in [3.63, 3.8) is 0 Å². The maximum absolute atomic E-state index is 13.4. The monoisotopic (exact) mass is 1700 g/mol. The van der Waals surface area contributed by atoms with E-state index in [2.05, 4.69) is 73.2 Å². The van der Waals surface area contributed by atoms with Crippen molar-refractivity contribution in [2.45, 2.75) is 141 Å². The molecule has 0 saturated carbocycles. The number of hydrogen-bond acceptors (Lipinski definition) is 19. The second kappa shape index (κ2) is 37.8. The number of fused-ring (bicyclic) bond motifs is 9. The van der Waals surface area contributed by atoms with Crippen molar-refractivity contribution < 1.29 is 108 Å². The zero-order valence-corrected chi connectivity index (χ0v) is 69.4. The van der Waals surface area contributed by atoms with Gasteiger partial charge in [-0.05, 0) is 126 Å². The molecular weight excluding hydrogens is 1600 g/mol. The smallest absolute Gasteiger partial charge is 0.497 e. The van der Waals surface area contributed by atoms with E-state index in [1.54, 1.807) is 14.2 Å². The highest BCUT2D eigenvalue weighted by atomic mass is 19.3. The summed E-state index contributed by atoms with van der Waals surface area (Å²) in [6.07, 6.45) is -0.971. The zero-order chi connectivity index (χ0) is 86.8. The average molecular weight is 1700 g/mol. The SMILES string of the molecule is CCCCOc1ccccc1C1CC(=O)Nc2cc3c(cc21)OC(F)(F)O3.CCCCOc1ccccc1C1CC(=O)Nc2cc3c(cc21)OCO3.CCCOc1ccccc1C1CC(=O)Nc2cc3c(cc21)OC(F)(F)O3.COc1ccc2c(c1)C(c1ccccc1OCC(C)C)CC(=O)N2.COc1ccccc1C1CC(=O)Nc2cc3c(cc21)OCO3. The van der Waals surface area contributed by atoms with Gasteiger partial charge in [0, 0.05) is 142 Å². The molecule has 0 bridgehead atoms. The number of nitrogens with one attached hydrogen (secondary N) is 5. The van der Waals surface area contributed by atoms with Gasteiger partial charge < -0.3 is 92.9 Å². The minimum Gasteiger partial charge on any atom is -0.497 e. The Morgan fingerprint density at radius 1 is 0.331 bits per heavy atom. The van der Waals surface area contributed by atoms with Crippen LogP contribution in [0.1, 0.15) is 184 Å². The summed E-state index contributed by atoms with van der Waals surface area (Å²) in [5.74, 6) is 6.43. The third kappa shape index (κ3) is 19.5. The third-order valence-corrected chi connectivity index (χ3v) is 21.9. The van der Waals surface area contributed by atoms with E-state index in [0.717, 1.165) is 128 Å². The van der Waals surface area contributed by atoms with E-state index in [1.165, 1.54) is 24.3 Å². The summed E-state index contributed by atoms with van der Waals surface area (Å²) in [6, 6.07) is 57.8. The van der Waals surface area contributed by atoms with Crippen LogP contribution in [0, 0.1) is 5.92 Å². The molecule has 646 valence electrons. The Bertz CT molecular complexity index is 5630. The van der Waals surface area contributed by atoms with Crippen molar-refractivity contribution in [2.75, 3.05) is 80.8 Å². The van der Waals surface area contributed by atoms with Gasteiger partial charge in [0.25, 0.3) is 0 Å². The lowest BCUT2D eigenvalue weighted by Gasteiger charge is -2.28. The molecular formula is C96H95F4N5O19. The number of carbonyl (C=O) groups excluding carboxylic acids is 5. The van der Waals surface area contributed by atoms with Crippen molar-refractivity contribution in [1.29, 1.82) is 0 Å². The van der Waals surface area contributed by atoms with E-state index in [1.807, 2.05) is 171 Å². The van der Waals surface area contributed by atoms with Crippen LogP contribution in [0.3, 0.4) is 0 Å². The Kier molecular flexibility index (Phi) is 26.1. The molecule has 5 amide bonds. The predicted molar refractivity (Wildman–Crippen MR) is 455 cm³/mol. The number of hydrogen-bond donors (Lipinski definition) is 5. The Balaban J connectivity index is 0.000000120. The van der Waals surface area contributed by atoms with Crippen molar-refractivity contribution >= 4 is 58.0 Å². The number of carbonyl (C=O) groups is 5. The first kappa shape index (κ1) is 85.4. The molecule has 0 saturated heterocycles. The van der Waals surface area contributed by atoms with Gasteiger partial charge in [-0.3, -0.25) is 24.0 Å². The molecule has 5 atom stereocenters. The van der Waals surface area contributed by atoms with Crippen molar-refractivity contribution in [3.8, 4) is 80.5 Å². The lowest BCUT2D eigenvalue weighted by atomic mass is 9.84. The fraction of sp³-hybridized carbons (Fsp3) is 0.323. The first-order chi connectivity index (χ1) is 60.0. The number of benzene rings is 10. The van der Waals surface area contributed by atoms with Crippen molar-refractivity contribution in [1.82, 2.24) is 0 Å². The van der Waals surface area contributed by atoms with Crippen LogP contribution in [-0.2, 0) is 24.0 Å². The molecule has 0 fully saturated rings. The zero-order valence-electron chi connectivity index (χ0n) is 69.4. The van der Waals surface area contributed by atoms with Gasteiger partial charge in [0.05, 0.1) is 40.6 Å². The minimum atomic E-state index is -3.70. The highest BCUT2D eigenvalue weighted by Crippen LogP contribution is 2.54. The molecule has 9 aliphatic heterocycles. The van der Waals surface area contributed by atoms with Crippen molar-refractivity contribution in [2.24, 2.45) is 5.92 Å². The highest BCUT2D eigenvalue weighted by Gasteiger charge is 2.47. The molecule has 28 heteroatoms. The van der Waals surface area contributed by atoms with Crippen LogP contribution in [0.5, 0.6) is 80.5 Å². The van der Waals surface area contributed by atoms with E-state index >= 15 is 0 Å². The van der Waals surface area contributed by atoms with E-state index in [0.29, 0.717) is 97.1 Å². The molecule has 9 aliphatic rings. The number of methoxy groups -OCH3 is 2. The molecule has 0 radical (unpaired) electrons. The average Bonchev–Trinajstić information content (AvgIpc) is 1.51. The van der Waals surface area contributed by atoms with Crippen LogP contribution < -0.4 is 92.9 Å². The summed E-state index contributed by atoms with van der Waals surface area (Å²) < 4.78 is 128. The molecule has 0 aliphatic carbocycles. The summed E-state index contributed by atoms with van der Waals surface area (Å²) in [5, 5.41) is 14.2. The summed E-state index contributed by atoms with van der Waals surface area (Å²) in [5.41, 5.74) is 12.6. The molecule has 5 N–H and O–H groups in total. The van der Waals surface area contributed by atoms with E-state index < -0.39 is 12.6 Å². The molecule has 124 heavy (non-hydrogen) atoms. The molecule has 0 spiro atoms. The van der Waals surface area contributed by atoms with Gasteiger partial charge >= 0.3 is 12.6 Å². The number of para-hydroxylation sites is 5. The number of unbranched alkanes of at least 4 members (excludes halogenated alkanes) is 2. The highest BCUT2D eigenvalue weighted by molar-refractivity contribution is 5.99. The van der Waals surface area contributed by atoms with Gasteiger partial charge in [-0.2, -0.15) is 0 Å². The Morgan fingerprint density at radius 2 is 0.621 bits per heavy atom. The van der Waals surface area contributed by atoms with E-state index in [-0.39, 0.29) is 109 Å².